The number of rotatable bonds is 27. The molecule has 0 aromatic rings. The normalized spacial score (nSPS) is 11.6. The van der Waals surface area contributed by atoms with E-state index in [1.807, 2.05) is 0 Å². The van der Waals surface area contributed by atoms with Gasteiger partial charge in [-0.2, -0.15) is 0 Å². The molecule has 0 aromatic carbocycles. The standard InChI is InChI=1S/3C10H22O3S.Sc/c3*1-2-3-4-5-6-7-8-9-10-14(11,12)13;/h3*2-10H2,1H3,(H,11,12,13);/q;;;+3/p-3. The summed E-state index contributed by atoms with van der Waals surface area (Å²) >= 11 is 0. The van der Waals surface area contributed by atoms with E-state index in [0.29, 0.717) is 19.3 Å². The number of unbranched alkanes of at least 4 members (excludes halogenated alkanes) is 21. The maximum absolute atomic E-state index is 10.2. The molecule has 43 heavy (non-hydrogen) atoms. The molecule has 0 aromatic heterocycles. The Morgan fingerprint density at radius 1 is 0.302 bits per heavy atom. The van der Waals surface area contributed by atoms with Gasteiger partial charge in [0.05, 0.1) is 30.4 Å². The monoisotopic (exact) mass is 708 g/mol. The van der Waals surface area contributed by atoms with Crippen molar-refractivity contribution in [2.75, 3.05) is 17.3 Å². The van der Waals surface area contributed by atoms with Crippen LogP contribution in [0.1, 0.15) is 175 Å². The van der Waals surface area contributed by atoms with Gasteiger partial charge in [-0.05, 0) is 19.3 Å². The molecule has 0 amide bonds. The van der Waals surface area contributed by atoms with Crippen LogP contribution < -0.4 is 0 Å². The van der Waals surface area contributed by atoms with Crippen LogP contribution in [0.15, 0.2) is 0 Å². The van der Waals surface area contributed by atoms with Crippen LogP contribution >= 0.6 is 0 Å². The van der Waals surface area contributed by atoms with E-state index in [0.717, 1.165) is 38.5 Å². The van der Waals surface area contributed by atoms with Crippen molar-refractivity contribution in [3.05, 3.63) is 0 Å². The first-order chi connectivity index (χ1) is 19.7. The van der Waals surface area contributed by atoms with Crippen molar-refractivity contribution < 1.29 is 64.8 Å². The minimum absolute atomic E-state index is 0. The molecule has 0 rings (SSSR count). The third kappa shape index (κ3) is 62.2. The summed E-state index contributed by atoms with van der Waals surface area (Å²) in [7, 11) is -11.9. The smallest absolute Gasteiger partial charge is 0.748 e. The minimum atomic E-state index is -3.98. The van der Waals surface area contributed by atoms with Crippen LogP contribution in [0.5, 0.6) is 0 Å². The van der Waals surface area contributed by atoms with Crippen LogP contribution in [0.25, 0.3) is 0 Å². The fraction of sp³-hybridized carbons (Fsp3) is 1.00. The van der Waals surface area contributed by atoms with Gasteiger partial charge in [0.15, 0.2) is 0 Å². The Morgan fingerprint density at radius 2 is 0.442 bits per heavy atom. The molecule has 0 atom stereocenters. The first-order valence-corrected chi connectivity index (χ1v) is 21.2. The van der Waals surface area contributed by atoms with Crippen LogP contribution in [0, 0.1) is 0 Å². The minimum Gasteiger partial charge on any atom is -0.748 e. The second-order valence-electron chi connectivity index (χ2n) is 11.2. The summed E-state index contributed by atoms with van der Waals surface area (Å²) in [4.78, 5) is 0. The van der Waals surface area contributed by atoms with E-state index in [1.165, 1.54) is 96.3 Å². The van der Waals surface area contributed by atoms with Crippen molar-refractivity contribution in [3.63, 3.8) is 0 Å². The van der Waals surface area contributed by atoms with E-state index >= 15 is 0 Å². The van der Waals surface area contributed by atoms with Crippen LogP contribution in [0.4, 0.5) is 0 Å². The molecule has 9 nitrogen and oxygen atoms in total. The Balaban J connectivity index is -0.000000262. The van der Waals surface area contributed by atoms with Crippen LogP contribution in [0.2, 0.25) is 0 Å². The van der Waals surface area contributed by atoms with Crippen molar-refractivity contribution >= 4 is 30.4 Å². The largest absolute Gasteiger partial charge is 3.00 e. The maximum atomic E-state index is 10.2. The van der Waals surface area contributed by atoms with Crippen molar-refractivity contribution in [2.24, 2.45) is 0 Å². The van der Waals surface area contributed by atoms with E-state index in [1.54, 1.807) is 0 Å². The van der Waals surface area contributed by atoms with Gasteiger partial charge in [0.1, 0.15) is 0 Å². The third-order valence-corrected chi connectivity index (χ3v) is 9.11. The summed E-state index contributed by atoms with van der Waals surface area (Å²) in [6.45, 7) is 6.54. The van der Waals surface area contributed by atoms with Crippen LogP contribution in [-0.4, -0.2) is 56.2 Å². The number of hydrogen-bond acceptors (Lipinski definition) is 9. The first-order valence-electron chi connectivity index (χ1n) is 16.5. The second-order valence-corrected chi connectivity index (χ2v) is 15.8. The van der Waals surface area contributed by atoms with Gasteiger partial charge in [-0.15, -0.1) is 0 Å². The predicted octanol–water partition coefficient (Wildman–Crippen LogP) is 8.01. The molecule has 0 aliphatic rings. The molecule has 0 aliphatic carbocycles. The van der Waals surface area contributed by atoms with Crippen molar-refractivity contribution in [3.8, 4) is 0 Å². The summed E-state index contributed by atoms with van der Waals surface area (Å²) in [5.74, 6) is -0.578. The zero-order valence-electron chi connectivity index (χ0n) is 27.6. The van der Waals surface area contributed by atoms with E-state index in [9.17, 15) is 38.9 Å². The van der Waals surface area contributed by atoms with Gasteiger partial charge in [-0.25, -0.2) is 25.3 Å². The van der Waals surface area contributed by atoms with Gasteiger partial charge < -0.3 is 13.7 Å². The SMILES string of the molecule is CCCCCCCCCCS(=O)(=O)[O-].CCCCCCCCCCS(=O)(=O)[O-].CCCCCCCCCCS(=O)(=O)[O-].[Sc+3]. The van der Waals surface area contributed by atoms with Crippen molar-refractivity contribution in [1.29, 1.82) is 0 Å². The number of hydrogen-bond donors (Lipinski definition) is 0. The topological polar surface area (TPSA) is 172 Å². The average Bonchev–Trinajstić information content (AvgIpc) is 2.88. The van der Waals surface area contributed by atoms with Gasteiger partial charge in [0.2, 0.25) is 0 Å². The maximum Gasteiger partial charge on any atom is 3.00 e. The molecule has 0 fully saturated rings. The van der Waals surface area contributed by atoms with Gasteiger partial charge in [-0.1, -0.05) is 156 Å². The third-order valence-electron chi connectivity index (χ3n) is 6.74. The van der Waals surface area contributed by atoms with Gasteiger partial charge in [0, 0.05) is 17.3 Å². The fourth-order valence-electron chi connectivity index (χ4n) is 4.24. The summed E-state index contributed by atoms with van der Waals surface area (Å²) < 4.78 is 92.2. The van der Waals surface area contributed by atoms with E-state index in [4.69, 9.17) is 0 Å². The molecule has 0 saturated carbocycles. The molecule has 0 saturated heterocycles. The van der Waals surface area contributed by atoms with Gasteiger partial charge in [-0.3, -0.25) is 0 Å². The summed E-state index contributed by atoms with van der Waals surface area (Å²) in [6, 6.07) is 0. The molecule has 258 valence electrons. The molecule has 0 heterocycles. The first kappa shape index (κ1) is 50.5. The van der Waals surface area contributed by atoms with Gasteiger partial charge in [0.25, 0.3) is 0 Å². The van der Waals surface area contributed by atoms with Crippen molar-refractivity contribution in [2.45, 2.75) is 175 Å². The molecule has 0 radical (unpaired) electrons. The van der Waals surface area contributed by atoms with E-state index < -0.39 is 30.4 Å². The van der Waals surface area contributed by atoms with Crippen LogP contribution in [0.3, 0.4) is 0 Å². The molecule has 0 spiro atoms. The molecular formula is C30H63O9S3Sc. The Hall–Kier alpha value is 0.600. The zero-order chi connectivity index (χ0) is 32.6. The fourth-order valence-corrected chi connectivity index (χ4v) is 5.91. The Kier molecular flexibility index (Phi) is 41.6. The Bertz CT molecular complexity index is 749. The molecule has 0 unspecified atom stereocenters. The van der Waals surface area contributed by atoms with Gasteiger partial charge >= 0.3 is 25.8 Å². The molecule has 0 N–H and O–H groups in total. The van der Waals surface area contributed by atoms with Crippen molar-refractivity contribution in [1.82, 2.24) is 0 Å². The van der Waals surface area contributed by atoms with Crippen LogP contribution in [-0.2, 0) is 56.2 Å². The summed E-state index contributed by atoms with van der Waals surface area (Å²) in [5, 5.41) is 0. The zero-order valence-corrected chi connectivity index (χ0v) is 31.8. The summed E-state index contributed by atoms with van der Waals surface area (Å²) in [6.07, 6.45) is 26.0. The second kappa shape index (κ2) is 35.5. The van der Waals surface area contributed by atoms with E-state index in [-0.39, 0.29) is 43.1 Å². The summed E-state index contributed by atoms with van der Waals surface area (Å²) in [5.41, 5.74) is 0. The Morgan fingerprint density at radius 3 is 0.581 bits per heavy atom. The predicted molar refractivity (Wildman–Crippen MR) is 172 cm³/mol. The molecule has 13 heteroatoms. The Labute approximate surface area is 285 Å². The molecule has 0 aliphatic heterocycles. The average molecular weight is 709 g/mol. The quantitative estimate of drug-likeness (QED) is 0.0605. The molecular weight excluding hydrogens is 645 g/mol. The van der Waals surface area contributed by atoms with E-state index in [2.05, 4.69) is 20.8 Å². The molecule has 0 bridgehead atoms.